The highest BCUT2D eigenvalue weighted by Crippen LogP contribution is 2.02. The van der Waals surface area contributed by atoms with Crippen LogP contribution in [-0.2, 0) is 14.8 Å². The molecule has 1 heterocycles. The molecule has 2 unspecified atom stereocenters. The topological polar surface area (TPSA) is 93.4 Å². The fraction of sp³-hybridized carbons (Fsp3) is 1.00. The first-order chi connectivity index (χ1) is 7.97. The van der Waals surface area contributed by atoms with Crippen molar-refractivity contribution in [2.45, 2.75) is 31.8 Å². The molecule has 102 valence electrons. The van der Waals surface area contributed by atoms with Gasteiger partial charge >= 0.3 is 0 Å². The summed E-state index contributed by atoms with van der Waals surface area (Å²) in [5, 5.41) is 11.6. The number of hydrogen-bond donors (Lipinski definition) is 3. The first kappa shape index (κ1) is 14.8. The van der Waals surface area contributed by atoms with Gasteiger partial charge in [-0.1, -0.05) is 0 Å². The van der Waals surface area contributed by atoms with E-state index in [2.05, 4.69) is 17.6 Å². The molecule has 0 spiro atoms. The minimum absolute atomic E-state index is 0.0392. The Morgan fingerprint density at radius 1 is 1.59 bits per heavy atom. The number of nitrogens with two attached hydrogens (primary N) is 1. The van der Waals surface area contributed by atoms with Gasteiger partial charge in [-0.05, 0) is 26.3 Å². The van der Waals surface area contributed by atoms with Gasteiger partial charge in [-0.25, -0.2) is 13.6 Å². The van der Waals surface area contributed by atoms with Gasteiger partial charge in [-0.15, -0.1) is 0 Å². The van der Waals surface area contributed by atoms with Crippen molar-refractivity contribution in [1.82, 2.24) is 10.6 Å². The number of rotatable bonds is 7. The van der Waals surface area contributed by atoms with E-state index in [0.29, 0.717) is 25.0 Å². The van der Waals surface area contributed by atoms with E-state index in [1.807, 2.05) is 0 Å². The van der Waals surface area contributed by atoms with Gasteiger partial charge in [0.05, 0.1) is 19.0 Å². The number of primary sulfonamides is 1. The lowest BCUT2D eigenvalue weighted by Crippen LogP contribution is -2.45. The molecule has 1 aliphatic heterocycles. The Morgan fingerprint density at radius 3 is 2.94 bits per heavy atom. The SMILES string of the molecule is CC(CC1COCCN1)NCCCS(N)(=O)=O. The van der Waals surface area contributed by atoms with Crippen molar-refractivity contribution in [1.29, 1.82) is 0 Å². The van der Waals surface area contributed by atoms with Crippen LogP contribution in [0.15, 0.2) is 0 Å². The predicted octanol–water partition coefficient (Wildman–Crippen LogP) is -0.978. The summed E-state index contributed by atoms with van der Waals surface area (Å²) in [6, 6.07) is 0.735. The second-order valence-electron chi connectivity index (χ2n) is 4.54. The molecule has 1 saturated heterocycles. The average Bonchev–Trinajstić information content (AvgIpc) is 2.25. The van der Waals surface area contributed by atoms with Crippen LogP contribution >= 0.6 is 0 Å². The molecule has 0 bridgehead atoms. The summed E-state index contributed by atoms with van der Waals surface area (Å²) >= 11 is 0. The standard InChI is InChI=1S/C10H23N3O3S/c1-9(7-10-8-16-5-4-13-10)12-3-2-6-17(11,14)15/h9-10,12-13H,2-8H2,1H3,(H2,11,14,15). The summed E-state index contributed by atoms with van der Waals surface area (Å²) in [7, 11) is -3.32. The van der Waals surface area contributed by atoms with Crippen LogP contribution in [0, 0.1) is 0 Å². The lowest BCUT2D eigenvalue weighted by atomic mass is 10.1. The second kappa shape index (κ2) is 7.27. The van der Waals surface area contributed by atoms with Gasteiger partial charge in [0.1, 0.15) is 0 Å². The summed E-state index contributed by atoms with van der Waals surface area (Å²) in [6.07, 6.45) is 1.53. The van der Waals surface area contributed by atoms with Crippen LogP contribution in [0.2, 0.25) is 0 Å². The minimum Gasteiger partial charge on any atom is -0.379 e. The third-order valence-corrected chi connectivity index (χ3v) is 3.59. The molecule has 0 aromatic heterocycles. The molecule has 2 atom stereocenters. The van der Waals surface area contributed by atoms with E-state index >= 15 is 0 Å². The number of morpholine rings is 1. The molecule has 6 nitrogen and oxygen atoms in total. The molecule has 0 aromatic rings. The van der Waals surface area contributed by atoms with Gasteiger partial charge in [0.25, 0.3) is 0 Å². The van der Waals surface area contributed by atoms with Crippen LogP contribution in [-0.4, -0.2) is 52.6 Å². The van der Waals surface area contributed by atoms with Gasteiger partial charge in [-0.2, -0.15) is 0 Å². The maximum Gasteiger partial charge on any atom is 0.209 e. The van der Waals surface area contributed by atoms with Crippen LogP contribution in [0.4, 0.5) is 0 Å². The van der Waals surface area contributed by atoms with Crippen LogP contribution in [0.1, 0.15) is 19.8 Å². The average molecular weight is 265 g/mol. The van der Waals surface area contributed by atoms with E-state index in [1.54, 1.807) is 0 Å². The zero-order valence-electron chi connectivity index (χ0n) is 10.3. The van der Waals surface area contributed by atoms with Crippen molar-refractivity contribution in [2.75, 3.05) is 32.1 Å². The van der Waals surface area contributed by atoms with Crippen LogP contribution < -0.4 is 15.8 Å². The van der Waals surface area contributed by atoms with E-state index in [0.717, 1.165) is 26.2 Å². The normalized spacial score (nSPS) is 23.5. The van der Waals surface area contributed by atoms with Crippen LogP contribution in [0.25, 0.3) is 0 Å². The Bertz CT molecular complexity index is 302. The number of ether oxygens (including phenoxy) is 1. The monoisotopic (exact) mass is 265 g/mol. The summed E-state index contributed by atoms with van der Waals surface area (Å²) < 4.78 is 26.8. The van der Waals surface area contributed by atoms with E-state index in [9.17, 15) is 8.42 Å². The molecule has 1 aliphatic rings. The third kappa shape index (κ3) is 7.67. The second-order valence-corrected chi connectivity index (χ2v) is 6.27. The van der Waals surface area contributed by atoms with Gasteiger partial charge < -0.3 is 15.4 Å². The van der Waals surface area contributed by atoms with Gasteiger partial charge in [0.15, 0.2) is 0 Å². The lowest BCUT2D eigenvalue weighted by molar-refractivity contribution is 0.0713. The van der Waals surface area contributed by atoms with Crippen molar-refractivity contribution >= 4 is 10.0 Å². The van der Waals surface area contributed by atoms with Crippen molar-refractivity contribution in [3.63, 3.8) is 0 Å². The minimum atomic E-state index is -3.32. The number of sulfonamides is 1. The third-order valence-electron chi connectivity index (χ3n) is 2.73. The maximum absolute atomic E-state index is 10.7. The highest BCUT2D eigenvalue weighted by molar-refractivity contribution is 7.89. The summed E-state index contributed by atoms with van der Waals surface area (Å²) in [6.45, 7) is 5.21. The zero-order chi connectivity index (χ0) is 12.7. The van der Waals surface area contributed by atoms with Gasteiger partial charge in [0, 0.05) is 18.6 Å². The molecule has 1 rings (SSSR count). The molecule has 0 aromatic carbocycles. The zero-order valence-corrected chi connectivity index (χ0v) is 11.1. The van der Waals surface area contributed by atoms with Crippen molar-refractivity contribution in [2.24, 2.45) is 5.14 Å². The van der Waals surface area contributed by atoms with Crippen LogP contribution in [0.3, 0.4) is 0 Å². The fourth-order valence-electron chi connectivity index (χ4n) is 1.90. The van der Waals surface area contributed by atoms with E-state index in [-0.39, 0.29) is 5.75 Å². The summed E-state index contributed by atoms with van der Waals surface area (Å²) in [4.78, 5) is 0. The Morgan fingerprint density at radius 2 is 2.35 bits per heavy atom. The Labute approximate surface area is 103 Å². The molecule has 1 fully saturated rings. The quantitative estimate of drug-likeness (QED) is 0.515. The fourth-order valence-corrected chi connectivity index (χ4v) is 2.45. The van der Waals surface area contributed by atoms with E-state index in [4.69, 9.17) is 9.88 Å². The summed E-state index contributed by atoms with van der Waals surface area (Å²) in [5.74, 6) is 0.0392. The van der Waals surface area contributed by atoms with E-state index in [1.165, 1.54) is 0 Å². The predicted molar refractivity (Wildman–Crippen MR) is 67.3 cm³/mol. The van der Waals surface area contributed by atoms with Crippen molar-refractivity contribution in [3.8, 4) is 0 Å². The first-order valence-corrected chi connectivity index (χ1v) is 7.74. The van der Waals surface area contributed by atoms with Crippen molar-refractivity contribution < 1.29 is 13.2 Å². The summed E-state index contributed by atoms with van der Waals surface area (Å²) in [5.41, 5.74) is 0. The molecular formula is C10H23N3O3S. The Hall–Kier alpha value is -0.210. The molecule has 17 heavy (non-hydrogen) atoms. The number of nitrogens with one attached hydrogen (secondary N) is 2. The highest BCUT2D eigenvalue weighted by Gasteiger charge is 2.15. The van der Waals surface area contributed by atoms with Crippen LogP contribution in [0.5, 0.6) is 0 Å². The molecule has 0 aliphatic carbocycles. The molecule has 7 heteroatoms. The van der Waals surface area contributed by atoms with Gasteiger partial charge in [-0.3, -0.25) is 0 Å². The maximum atomic E-state index is 10.7. The molecular weight excluding hydrogens is 242 g/mol. The van der Waals surface area contributed by atoms with Crippen molar-refractivity contribution in [3.05, 3.63) is 0 Å². The molecule has 0 amide bonds. The molecule has 0 radical (unpaired) electrons. The van der Waals surface area contributed by atoms with Gasteiger partial charge in [0.2, 0.25) is 10.0 Å². The first-order valence-electron chi connectivity index (χ1n) is 6.02. The highest BCUT2D eigenvalue weighted by atomic mass is 32.2. The largest absolute Gasteiger partial charge is 0.379 e. The molecule has 4 N–H and O–H groups in total. The Balaban J connectivity index is 2.06. The van der Waals surface area contributed by atoms with E-state index < -0.39 is 10.0 Å². The smallest absolute Gasteiger partial charge is 0.209 e. The Kier molecular flexibility index (Phi) is 6.35. The lowest BCUT2D eigenvalue weighted by Gasteiger charge is -2.26. The molecule has 0 saturated carbocycles. The number of hydrogen-bond acceptors (Lipinski definition) is 5.